The van der Waals surface area contributed by atoms with Crippen molar-refractivity contribution in [1.29, 1.82) is 0 Å². The Hall–Kier alpha value is -2.63. The van der Waals surface area contributed by atoms with Gasteiger partial charge in [-0.05, 0) is 25.0 Å². The van der Waals surface area contributed by atoms with E-state index >= 15 is 0 Å². The molecule has 1 aromatic heterocycles. The van der Waals surface area contributed by atoms with E-state index in [9.17, 15) is 14.4 Å². The number of amides is 2. The van der Waals surface area contributed by atoms with Gasteiger partial charge in [-0.15, -0.1) is 0 Å². The van der Waals surface area contributed by atoms with Crippen molar-refractivity contribution in [2.24, 2.45) is 0 Å². The molecule has 6 nitrogen and oxygen atoms in total. The van der Waals surface area contributed by atoms with Gasteiger partial charge in [0.25, 0.3) is 5.91 Å². The summed E-state index contributed by atoms with van der Waals surface area (Å²) in [5.74, 6) is -0.864. The third kappa shape index (κ3) is 3.10. The lowest BCUT2D eigenvalue weighted by molar-refractivity contribution is -0.120. The van der Waals surface area contributed by atoms with Gasteiger partial charge in [0.2, 0.25) is 5.91 Å². The summed E-state index contributed by atoms with van der Waals surface area (Å²) in [5.41, 5.74) is -0.396. The molecule has 0 bridgehead atoms. The van der Waals surface area contributed by atoms with Gasteiger partial charge in [-0.1, -0.05) is 18.2 Å². The molecule has 0 spiro atoms. The monoisotopic (exact) mass is 286 g/mol. The average molecular weight is 286 g/mol. The Morgan fingerprint density at radius 3 is 2.76 bits per heavy atom. The highest BCUT2D eigenvalue weighted by Gasteiger charge is 2.23. The van der Waals surface area contributed by atoms with Crippen LogP contribution in [-0.2, 0) is 4.79 Å². The van der Waals surface area contributed by atoms with Gasteiger partial charge in [0.15, 0.2) is 0 Å². The molecule has 2 aromatic rings. The van der Waals surface area contributed by atoms with Gasteiger partial charge in [0.05, 0.1) is 6.54 Å². The Bertz CT molecular complexity index is 762. The van der Waals surface area contributed by atoms with Crippen molar-refractivity contribution >= 4 is 22.8 Å². The van der Waals surface area contributed by atoms with Crippen molar-refractivity contribution in [3.8, 4) is 0 Å². The molecule has 0 aliphatic heterocycles. The molecule has 0 atom stereocenters. The van der Waals surface area contributed by atoms with Crippen LogP contribution in [0, 0.1) is 0 Å². The van der Waals surface area contributed by atoms with Crippen LogP contribution in [0.15, 0.2) is 39.5 Å². The Labute approximate surface area is 120 Å². The Morgan fingerprint density at radius 2 is 2.00 bits per heavy atom. The maximum atomic E-state index is 12.0. The molecule has 1 aliphatic carbocycles. The lowest BCUT2D eigenvalue weighted by atomic mass is 10.2. The second-order valence-corrected chi connectivity index (χ2v) is 5.01. The van der Waals surface area contributed by atoms with Gasteiger partial charge >= 0.3 is 5.63 Å². The predicted molar refractivity (Wildman–Crippen MR) is 76.0 cm³/mol. The molecule has 1 heterocycles. The molecule has 1 saturated carbocycles. The number of para-hydroxylation sites is 1. The van der Waals surface area contributed by atoms with E-state index in [2.05, 4.69) is 10.6 Å². The van der Waals surface area contributed by atoms with Crippen LogP contribution < -0.4 is 16.3 Å². The first-order valence-corrected chi connectivity index (χ1v) is 6.74. The molecular weight excluding hydrogens is 272 g/mol. The highest BCUT2D eigenvalue weighted by Crippen LogP contribution is 2.18. The Morgan fingerprint density at radius 1 is 1.24 bits per heavy atom. The number of hydrogen-bond acceptors (Lipinski definition) is 4. The minimum absolute atomic E-state index is 0.104. The number of carbonyl (C=O) groups excluding carboxylic acids is 2. The highest BCUT2D eigenvalue weighted by molar-refractivity contribution is 5.98. The van der Waals surface area contributed by atoms with E-state index < -0.39 is 11.5 Å². The summed E-state index contributed by atoms with van der Waals surface area (Å²) in [4.78, 5) is 35.2. The summed E-state index contributed by atoms with van der Waals surface area (Å²) >= 11 is 0. The first-order valence-electron chi connectivity index (χ1n) is 6.74. The minimum atomic E-state index is -0.714. The lowest BCUT2D eigenvalue weighted by Gasteiger charge is -2.05. The molecule has 2 amide bonds. The molecule has 0 radical (unpaired) electrons. The van der Waals surface area contributed by atoms with Crippen molar-refractivity contribution in [3.63, 3.8) is 0 Å². The maximum absolute atomic E-state index is 12.0. The molecule has 1 aromatic carbocycles. The van der Waals surface area contributed by atoms with Crippen LogP contribution >= 0.6 is 0 Å². The van der Waals surface area contributed by atoms with Gasteiger partial charge in [-0.25, -0.2) is 4.79 Å². The fourth-order valence-electron chi connectivity index (χ4n) is 1.98. The SMILES string of the molecule is O=C(CNC(=O)c1cc2ccccc2oc1=O)NC1CC1. The van der Waals surface area contributed by atoms with Gasteiger partial charge in [0.1, 0.15) is 11.1 Å². The van der Waals surface area contributed by atoms with Crippen molar-refractivity contribution in [1.82, 2.24) is 10.6 Å². The zero-order valence-electron chi connectivity index (χ0n) is 11.2. The largest absolute Gasteiger partial charge is 0.422 e. The molecule has 0 saturated heterocycles. The molecule has 6 heteroatoms. The molecule has 3 rings (SSSR count). The average Bonchev–Trinajstić information content (AvgIpc) is 3.28. The molecular formula is C15H14N2O4. The second kappa shape index (κ2) is 5.40. The van der Waals surface area contributed by atoms with E-state index in [1.54, 1.807) is 24.3 Å². The second-order valence-electron chi connectivity index (χ2n) is 5.01. The van der Waals surface area contributed by atoms with Crippen molar-refractivity contribution < 1.29 is 14.0 Å². The van der Waals surface area contributed by atoms with Crippen LogP contribution in [0.3, 0.4) is 0 Å². The number of carbonyl (C=O) groups is 2. The fraction of sp³-hybridized carbons (Fsp3) is 0.267. The summed E-state index contributed by atoms with van der Waals surface area (Å²) in [6.45, 7) is -0.151. The van der Waals surface area contributed by atoms with E-state index in [0.29, 0.717) is 11.0 Å². The molecule has 1 fully saturated rings. The maximum Gasteiger partial charge on any atom is 0.349 e. The third-order valence-corrected chi connectivity index (χ3v) is 3.24. The van der Waals surface area contributed by atoms with E-state index in [4.69, 9.17) is 4.42 Å². The number of rotatable bonds is 4. The van der Waals surface area contributed by atoms with Crippen LogP contribution in [0.2, 0.25) is 0 Å². The quantitative estimate of drug-likeness (QED) is 0.814. The Balaban J connectivity index is 1.72. The normalized spacial score (nSPS) is 13.9. The zero-order valence-corrected chi connectivity index (χ0v) is 11.2. The third-order valence-electron chi connectivity index (χ3n) is 3.24. The van der Waals surface area contributed by atoms with E-state index in [1.807, 2.05) is 0 Å². The number of benzene rings is 1. The first-order chi connectivity index (χ1) is 10.1. The summed E-state index contributed by atoms with van der Waals surface area (Å²) in [5, 5.41) is 5.83. The van der Waals surface area contributed by atoms with Crippen molar-refractivity contribution in [3.05, 3.63) is 46.3 Å². The van der Waals surface area contributed by atoms with Crippen LogP contribution in [0.4, 0.5) is 0 Å². The van der Waals surface area contributed by atoms with Gasteiger partial charge in [-0.2, -0.15) is 0 Å². The van der Waals surface area contributed by atoms with Gasteiger partial charge in [0, 0.05) is 11.4 Å². The van der Waals surface area contributed by atoms with Crippen molar-refractivity contribution in [2.45, 2.75) is 18.9 Å². The first kappa shape index (κ1) is 13.4. The summed E-state index contributed by atoms with van der Waals surface area (Å²) < 4.78 is 5.08. The topological polar surface area (TPSA) is 88.4 Å². The summed E-state index contributed by atoms with van der Waals surface area (Å²) in [7, 11) is 0. The lowest BCUT2D eigenvalue weighted by Crippen LogP contribution is -2.39. The smallest absolute Gasteiger partial charge is 0.349 e. The van der Waals surface area contributed by atoms with Crippen LogP contribution in [0.5, 0.6) is 0 Å². The molecule has 1 aliphatic rings. The van der Waals surface area contributed by atoms with Gasteiger partial charge < -0.3 is 15.1 Å². The van der Waals surface area contributed by atoms with Crippen molar-refractivity contribution in [2.75, 3.05) is 6.54 Å². The summed E-state index contributed by atoms with van der Waals surface area (Å²) in [6, 6.07) is 8.63. The molecule has 0 unspecified atom stereocenters. The molecule has 2 N–H and O–H groups in total. The minimum Gasteiger partial charge on any atom is -0.422 e. The Kier molecular flexibility index (Phi) is 3.43. The fourth-order valence-corrected chi connectivity index (χ4v) is 1.98. The van der Waals surface area contributed by atoms with Crippen LogP contribution in [-0.4, -0.2) is 24.4 Å². The number of fused-ring (bicyclic) bond motifs is 1. The van der Waals surface area contributed by atoms with E-state index in [0.717, 1.165) is 12.8 Å². The zero-order chi connectivity index (χ0) is 14.8. The number of nitrogens with one attached hydrogen (secondary N) is 2. The highest BCUT2D eigenvalue weighted by atomic mass is 16.4. The molecule has 108 valence electrons. The predicted octanol–water partition coefficient (Wildman–Crippen LogP) is 0.801. The van der Waals surface area contributed by atoms with Crippen LogP contribution in [0.1, 0.15) is 23.2 Å². The van der Waals surface area contributed by atoms with E-state index in [-0.39, 0.29) is 24.1 Å². The van der Waals surface area contributed by atoms with Crippen LogP contribution in [0.25, 0.3) is 11.0 Å². The van der Waals surface area contributed by atoms with Gasteiger partial charge in [-0.3, -0.25) is 9.59 Å². The standard InChI is InChI=1S/C15H14N2O4/c18-13(17-10-5-6-10)8-16-14(19)11-7-9-3-1-2-4-12(9)21-15(11)20/h1-4,7,10H,5-6,8H2,(H,16,19)(H,17,18). The van der Waals surface area contributed by atoms with E-state index in [1.165, 1.54) is 6.07 Å². The number of hydrogen-bond donors (Lipinski definition) is 2. The molecule has 21 heavy (non-hydrogen) atoms. The summed E-state index contributed by atoms with van der Waals surface area (Å²) in [6.07, 6.45) is 1.96.